The average Bonchev–Trinajstić information content (AvgIpc) is 3.21. The van der Waals surface area contributed by atoms with Gasteiger partial charge in [-0.05, 0) is 61.4 Å². The zero-order chi connectivity index (χ0) is 26.6. The normalized spacial score (nSPS) is 20.9. The number of hydrogen-bond acceptors (Lipinski definition) is 6. The lowest BCUT2D eigenvalue weighted by molar-refractivity contribution is -0.124. The second kappa shape index (κ2) is 11.6. The minimum Gasteiger partial charge on any atom is -0.383 e. The van der Waals surface area contributed by atoms with E-state index in [4.69, 9.17) is 0 Å². The number of aliphatic hydroxyl groups is 1. The molecule has 0 bridgehead atoms. The Hall–Kier alpha value is -2.34. The number of aliphatic hydroxyl groups excluding tert-OH is 1. The third-order valence-corrected chi connectivity index (χ3v) is 11.5. The molecule has 0 aromatic heterocycles. The predicted molar refractivity (Wildman–Crippen MR) is 137 cm³/mol. The predicted octanol–water partition coefficient (Wildman–Crippen LogP) is 4.20. The van der Waals surface area contributed by atoms with E-state index in [1.54, 1.807) is 0 Å². The quantitative estimate of drug-likeness (QED) is 0.575. The first kappa shape index (κ1) is 27.7. The molecular formula is C26H33FN2O6S2. The average molecular weight is 553 g/mol. The summed E-state index contributed by atoms with van der Waals surface area (Å²) in [6.07, 6.45) is 6.35. The third-order valence-electron chi connectivity index (χ3n) is 7.08. The van der Waals surface area contributed by atoms with Gasteiger partial charge in [-0.15, -0.1) is 0 Å². The fraction of sp³-hybridized carbons (Fsp3) is 0.500. The van der Waals surface area contributed by atoms with Crippen LogP contribution >= 0.6 is 0 Å². The van der Waals surface area contributed by atoms with Crippen molar-refractivity contribution in [2.45, 2.75) is 86.1 Å². The van der Waals surface area contributed by atoms with Crippen LogP contribution in [0.1, 0.15) is 64.2 Å². The van der Waals surface area contributed by atoms with E-state index in [0.717, 1.165) is 56.4 Å². The molecule has 11 heteroatoms. The van der Waals surface area contributed by atoms with E-state index < -0.39 is 43.9 Å². The first-order valence-electron chi connectivity index (χ1n) is 12.8. The van der Waals surface area contributed by atoms with Gasteiger partial charge >= 0.3 is 0 Å². The SMILES string of the molecule is O=C1[C@H](O)CCN1c1ccc(S(=O)(=O)N(C2CCCCCCCCC2)S(=O)(=O)c2ccc(F)cc2)cc1. The van der Waals surface area contributed by atoms with Gasteiger partial charge in [0.05, 0.1) is 9.79 Å². The highest BCUT2D eigenvalue weighted by atomic mass is 32.3. The zero-order valence-corrected chi connectivity index (χ0v) is 22.3. The lowest BCUT2D eigenvalue weighted by Gasteiger charge is -2.31. The van der Waals surface area contributed by atoms with Gasteiger partial charge in [0.25, 0.3) is 26.0 Å². The van der Waals surface area contributed by atoms with Crippen LogP contribution in [0.15, 0.2) is 58.3 Å². The Balaban J connectivity index is 1.73. The van der Waals surface area contributed by atoms with Gasteiger partial charge < -0.3 is 10.0 Å². The number of carbonyl (C=O) groups is 1. The Labute approximate surface area is 218 Å². The summed E-state index contributed by atoms with van der Waals surface area (Å²) in [5, 5.41) is 9.74. The molecule has 2 fully saturated rings. The number of nitrogens with zero attached hydrogens (tertiary/aromatic N) is 2. The first-order chi connectivity index (χ1) is 17.6. The largest absolute Gasteiger partial charge is 0.383 e. The minimum atomic E-state index is -4.53. The maximum absolute atomic E-state index is 14.0. The number of sulfonamides is 2. The van der Waals surface area contributed by atoms with E-state index in [9.17, 15) is 31.1 Å². The summed E-state index contributed by atoms with van der Waals surface area (Å²) in [6, 6.07) is 8.86. The van der Waals surface area contributed by atoms with E-state index >= 15 is 0 Å². The second-order valence-corrected chi connectivity index (χ2v) is 13.5. The highest BCUT2D eigenvalue weighted by Gasteiger charge is 2.42. The topological polar surface area (TPSA) is 112 Å². The molecule has 1 N–H and O–H groups in total. The van der Waals surface area contributed by atoms with Gasteiger partial charge in [0, 0.05) is 24.7 Å². The summed E-state index contributed by atoms with van der Waals surface area (Å²) in [5.41, 5.74) is 0.423. The lowest BCUT2D eigenvalue weighted by Crippen LogP contribution is -2.44. The van der Waals surface area contributed by atoms with Crippen LogP contribution in [0.25, 0.3) is 0 Å². The standard InChI is InChI=1S/C26H33FN2O6S2/c27-20-10-14-23(15-11-20)36(32,33)29(22-8-6-4-2-1-3-5-7-9-22)37(34,35)24-16-12-21(13-17-24)28-19-18-25(30)26(28)31/h10-17,22,25,30H,1-9,18-19H2/t25-/m1/s1. The maximum atomic E-state index is 14.0. The molecule has 0 spiro atoms. The molecule has 1 saturated carbocycles. The van der Waals surface area contributed by atoms with Crippen LogP contribution in [0.4, 0.5) is 10.1 Å². The van der Waals surface area contributed by atoms with Gasteiger partial charge in [0.2, 0.25) is 0 Å². The number of carbonyl (C=O) groups excluding carboxylic acids is 1. The van der Waals surface area contributed by atoms with Crippen molar-refractivity contribution < 1.29 is 31.1 Å². The van der Waals surface area contributed by atoms with Crippen LogP contribution in [-0.4, -0.2) is 50.3 Å². The molecule has 2 aliphatic rings. The van der Waals surface area contributed by atoms with Gasteiger partial charge in [0.15, 0.2) is 0 Å². The van der Waals surface area contributed by atoms with E-state index in [1.165, 1.54) is 29.2 Å². The Kier molecular flexibility index (Phi) is 8.67. The van der Waals surface area contributed by atoms with E-state index in [2.05, 4.69) is 0 Å². The van der Waals surface area contributed by atoms with Gasteiger partial charge in [-0.3, -0.25) is 4.79 Å². The summed E-state index contributed by atoms with van der Waals surface area (Å²) >= 11 is 0. The van der Waals surface area contributed by atoms with Crippen LogP contribution in [0.5, 0.6) is 0 Å². The van der Waals surface area contributed by atoms with Crippen molar-refractivity contribution in [3.05, 3.63) is 54.3 Å². The van der Waals surface area contributed by atoms with Crippen molar-refractivity contribution in [2.24, 2.45) is 0 Å². The van der Waals surface area contributed by atoms with Gasteiger partial charge in [0.1, 0.15) is 11.9 Å². The summed E-state index contributed by atoms with van der Waals surface area (Å²) in [4.78, 5) is 13.0. The van der Waals surface area contributed by atoms with Crippen LogP contribution in [0, 0.1) is 5.82 Å². The van der Waals surface area contributed by atoms with Gasteiger partial charge in [-0.2, -0.15) is 0 Å². The number of rotatable bonds is 6. The molecular weight excluding hydrogens is 519 g/mol. The van der Waals surface area contributed by atoms with E-state index in [1.807, 2.05) is 0 Å². The number of anilines is 1. The Morgan fingerprint density at radius 1 is 0.730 bits per heavy atom. The first-order valence-corrected chi connectivity index (χ1v) is 15.6. The second-order valence-electron chi connectivity index (χ2n) is 9.68. The van der Waals surface area contributed by atoms with Crippen molar-refractivity contribution in [1.29, 1.82) is 0 Å². The summed E-state index contributed by atoms with van der Waals surface area (Å²) in [7, 11) is -9.06. The maximum Gasteiger partial charge on any atom is 0.256 e. The van der Waals surface area contributed by atoms with Crippen molar-refractivity contribution in [3.63, 3.8) is 0 Å². The lowest BCUT2D eigenvalue weighted by atomic mass is 9.98. The highest BCUT2D eigenvalue weighted by molar-refractivity contribution is 8.04. The van der Waals surface area contributed by atoms with Crippen LogP contribution < -0.4 is 4.90 Å². The zero-order valence-electron chi connectivity index (χ0n) is 20.6. The molecule has 2 aromatic carbocycles. The molecule has 4 rings (SSSR count). The van der Waals surface area contributed by atoms with Crippen LogP contribution in [0.2, 0.25) is 0 Å². The summed E-state index contributed by atoms with van der Waals surface area (Å²) in [6.45, 7) is 0.305. The van der Waals surface area contributed by atoms with Crippen molar-refractivity contribution in [2.75, 3.05) is 11.4 Å². The van der Waals surface area contributed by atoms with E-state index in [0.29, 0.717) is 41.6 Å². The number of hydrogen-bond donors (Lipinski definition) is 1. The molecule has 2 aromatic rings. The van der Waals surface area contributed by atoms with Crippen molar-refractivity contribution >= 4 is 31.6 Å². The molecule has 0 radical (unpaired) electrons. The van der Waals surface area contributed by atoms with Gasteiger partial charge in [-0.25, -0.2) is 21.2 Å². The molecule has 1 amide bonds. The molecule has 1 saturated heterocycles. The monoisotopic (exact) mass is 552 g/mol. The van der Waals surface area contributed by atoms with Crippen molar-refractivity contribution in [1.82, 2.24) is 3.71 Å². The number of benzene rings is 2. The van der Waals surface area contributed by atoms with Gasteiger partial charge in [-0.1, -0.05) is 48.7 Å². The number of amides is 1. The smallest absolute Gasteiger partial charge is 0.256 e. The molecule has 1 aliphatic heterocycles. The molecule has 1 heterocycles. The Bertz CT molecular complexity index is 1290. The Morgan fingerprint density at radius 2 is 1.19 bits per heavy atom. The summed E-state index contributed by atoms with van der Waals surface area (Å²) in [5.74, 6) is -1.08. The molecule has 8 nitrogen and oxygen atoms in total. The molecule has 37 heavy (non-hydrogen) atoms. The fourth-order valence-corrected chi connectivity index (χ4v) is 9.19. The highest BCUT2D eigenvalue weighted by Crippen LogP contribution is 2.33. The van der Waals surface area contributed by atoms with E-state index in [-0.39, 0.29) is 16.2 Å². The molecule has 1 aliphatic carbocycles. The molecule has 1 atom stereocenters. The Morgan fingerprint density at radius 3 is 1.65 bits per heavy atom. The molecule has 202 valence electrons. The fourth-order valence-electron chi connectivity index (χ4n) is 5.05. The van der Waals surface area contributed by atoms with Crippen molar-refractivity contribution in [3.8, 4) is 0 Å². The van der Waals surface area contributed by atoms with Crippen LogP contribution in [-0.2, 0) is 24.8 Å². The summed E-state index contributed by atoms with van der Waals surface area (Å²) < 4.78 is 69.8. The minimum absolute atomic E-state index is 0.216. The number of halogens is 1. The van der Waals surface area contributed by atoms with Crippen LogP contribution in [0.3, 0.4) is 0 Å². The molecule has 0 unspecified atom stereocenters. The third kappa shape index (κ3) is 6.05.